The number of carbonyl (C=O) groups excluding carboxylic acids is 3. The number of benzene rings is 2. The molecule has 1 aliphatic heterocycles. The van der Waals surface area contributed by atoms with Crippen LogP contribution < -0.4 is 5.32 Å². The summed E-state index contributed by atoms with van der Waals surface area (Å²) in [6.45, 7) is 7.75. The van der Waals surface area contributed by atoms with E-state index in [1.54, 1.807) is 22.0 Å². The van der Waals surface area contributed by atoms with E-state index >= 15 is 0 Å². The zero-order valence-electron chi connectivity index (χ0n) is 24.1. The van der Waals surface area contributed by atoms with Crippen LogP contribution in [0, 0.1) is 19.3 Å². The zero-order chi connectivity index (χ0) is 29.8. The summed E-state index contributed by atoms with van der Waals surface area (Å²) in [5.74, 6) is 0.158. The highest BCUT2D eigenvalue weighted by Crippen LogP contribution is 2.59. The second-order valence-corrected chi connectivity index (χ2v) is 12.2. The molecule has 0 bridgehead atoms. The highest BCUT2D eigenvalue weighted by Gasteiger charge is 2.64. The Balaban J connectivity index is 1.24. The summed E-state index contributed by atoms with van der Waals surface area (Å²) in [7, 11) is 0. The molecule has 1 aliphatic carbocycles. The number of fused-ring (bicyclic) bond motifs is 2. The number of nitrogens with one attached hydrogen (secondary N) is 1. The summed E-state index contributed by atoms with van der Waals surface area (Å²) in [6.07, 6.45) is 5.62. The Morgan fingerprint density at radius 1 is 1.07 bits per heavy atom. The van der Waals surface area contributed by atoms with Gasteiger partial charge in [-0.3, -0.25) is 19.1 Å². The first-order chi connectivity index (χ1) is 20.1. The van der Waals surface area contributed by atoms with E-state index in [1.807, 2.05) is 50.2 Å². The highest BCUT2D eigenvalue weighted by molar-refractivity contribution is 6.31. The molecular weight excluding hydrogens is 552 g/mol. The van der Waals surface area contributed by atoms with E-state index in [9.17, 15) is 14.4 Å². The van der Waals surface area contributed by atoms with E-state index < -0.39 is 6.04 Å². The van der Waals surface area contributed by atoms with Crippen molar-refractivity contribution in [2.45, 2.75) is 65.6 Å². The maximum Gasteiger partial charge on any atom is 0.245 e. The lowest BCUT2D eigenvalue weighted by Crippen LogP contribution is -2.49. The van der Waals surface area contributed by atoms with Crippen LogP contribution in [0.2, 0.25) is 5.02 Å². The fraction of sp³-hybridized carbons (Fsp3) is 0.375. The molecule has 2 aromatic carbocycles. The summed E-state index contributed by atoms with van der Waals surface area (Å²) in [6, 6.07) is 10.9. The second-order valence-electron chi connectivity index (χ2n) is 11.8. The van der Waals surface area contributed by atoms with Crippen LogP contribution in [0.25, 0.3) is 22.0 Å². The summed E-state index contributed by atoms with van der Waals surface area (Å²) in [4.78, 5) is 50.2. The summed E-state index contributed by atoms with van der Waals surface area (Å²) < 4.78 is 1.61. The average Bonchev–Trinajstić information content (AvgIpc) is 3.30. The van der Waals surface area contributed by atoms with Gasteiger partial charge in [0.2, 0.25) is 11.8 Å². The van der Waals surface area contributed by atoms with Gasteiger partial charge >= 0.3 is 0 Å². The fourth-order valence-electron chi connectivity index (χ4n) is 6.32. The predicted octanol–water partition coefficient (Wildman–Crippen LogP) is 4.70. The Bertz CT molecular complexity index is 1730. The van der Waals surface area contributed by atoms with Crippen molar-refractivity contribution in [3.63, 3.8) is 0 Å². The van der Waals surface area contributed by atoms with Crippen molar-refractivity contribution < 1.29 is 14.4 Å². The molecule has 9 nitrogen and oxygen atoms in total. The molecule has 42 heavy (non-hydrogen) atoms. The number of amides is 2. The molecule has 4 aromatic rings. The number of nitrogens with zero attached hydrogens (tertiary/aromatic N) is 5. The largest absolute Gasteiger partial charge is 0.354 e. The Labute approximate surface area is 249 Å². The maximum atomic E-state index is 13.9. The number of rotatable bonds is 8. The molecule has 1 N–H and O–H groups in total. The van der Waals surface area contributed by atoms with Gasteiger partial charge in [0.15, 0.2) is 5.78 Å². The molecule has 1 saturated heterocycles. The third-order valence-corrected chi connectivity index (χ3v) is 9.01. The van der Waals surface area contributed by atoms with Crippen LogP contribution in [0.5, 0.6) is 0 Å². The minimum absolute atomic E-state index is 0.0210. The first-order valence-corrected chi connectivity index (χ1v) is 14.6. The van der Waals surface area contributed by atoms with E-state index in [4.69, 9.17) is 11.6 Å². The molecule has 0 radical (unpaired) electrons. The number of Topliss-reactive ketones (excluding diaryl/α,β-unsaturated/α-hetero) is 1. The third-order valence-electron chi connectivity index (χ3n) is 8.64. The monoisotopic (exact) mass is 584 g/mol. The first-order valence-electron chi connectivity index (χ1n) is 14.2. The van der Waals surface area contributed by atoms with Crippen molar-refractivity contribution in [1.29, 1.82) is 0 Å². The number of piperidine rings is 1. The minimum atomic E-state index is -0.546. The zero-order valence-corrected chi connectivity index (χ0v) is 24.9. The van der Waals surface area contributed by atoms with Crippen LogP contribution in [-0.4, -0.2) is 60.9 Å². The van der Waals surface area contributed by atoms with Crippen LogP contribution >= 0.6 is 11.6 Å². The van der Waals surface area contributed by atoms with Gasteiger partial charge < -0.3 is 10.2 Å². The number of aryl methyl sites for hydroxylation is 2. The van der Waals surface area contributed by atoms with Crippen LogP contribution in [0.15, 0.2) is 48.8 Å². The highest BCUT2D eigenvalue weighted by atomic mass is 35.5. The molecule has 2 aliphatic rings. The van der Waals surface area contributed by atoms with Crippen LogP contribution in [0.1, 0.15) is 54.1 Å². The molecule has 10 heteroatoms. The van der Waals surface area contributed by atoms with Crippen molar-refractivity contribution in [2.75, 3.05) is 6.54 Å². The average molecular weight is 585 g/mol. The molecule has 2 fully saturated rings. The first kappa shape index (κ1) is 28.0. The van der Waals surface area contributed by atoms with Gasteiger partial charge in [-0.2, -0.15) is 5.10 Å². The van der Waals surface area contributed by atoms with Crippen molar-refractivity contribution in [3.05, 3.63) is 76.5 Å². The smallest absolute Gasteiger partial charge is 0.245 e. The third kappa shape index (κ3) is 5.06. The van der Waals surface area contributed by atoms with Gasteiger partial charge in [-0.15, -0.1) is 0 Å². The summed E-state index contributed by atoms with van der Waals surface area (Å²) in [5.41, 5.74) is 4.52. The second kappa shape index (κ2) is 10.6. The van der Waals surface area contributed by atoms with Gasteiger partial charge in [0.25, 0.3) is 0 Å². The maximum absolute atomic E-state index is 13.9. The van der Waals surface area contributed by atoms with Gasteiger partial charge in [-0.05, 0) is 73.4 Å². The van der Waals surface area contributed by atoms with Gasteiger partial charge in [-0.1, -0.05) is 36.7 Å². The van der Waals surface area contributed by atoms with Crippen molar-refractivity contribution in [2.24, 2.45) is 5.41 Å². The number of halogens is 1. The van der Waals surface area contributed by atoms with E-state index in [2.05, 4.69) is 27.3 Å². The molecule has 3 heterocycles. The molecule has 0 spiro atoms. The molecule has 0 unspecified atom stereocenters. The molecule has 2 amide bonds. The van der Waals surface area contributed by atoms with Gasteiger partial charge in [0.05, 0.1) is 5.52 Å². The van der Waals surface area contributed by atoms with Crippen molar-refractivity contribution >= 4 is 40.1 Å². The van der Waals surface area contributed by atoms with E-state index in [0.717, 1.165) is 34.2 Å². The van der Waals surface area contributed by atoms with Crippen LogP contribution in [-0.2, 0) is 22.6 Å². The predicted molar refractivity (Wildman–Crippen MR) is 160 cm³/mol. The normalized spacial score (nSPS) is 20.9. The Hall–Kier alpha value is -4.11. The Kier molecular flexibility index (Phi) is 7.09. The molecule has 3 atom stereocenters. The van der Waals surface area contributed by atoms with Crippen molar-refractivity contribution in [1.82, 2.24) is 30.0 Å². The lowest BCUT2D eigenvalue weighted by atomic mass is 10.0. The van der Waals surface area contributed by atoms with Gasteiger partial charge in [-0.25, -0.2) is 9.97 Å². The Morgan fingerprint density at radius 3 is 2.52 bits per heavy atom. The van der Waals surface area contributed by atoms with Gasteiger partial charge in [0, 0.05) is 47.9 Å². The number of hydrogen-bond acceptors (Lipinski definition) is 6. The number of likely N-dealkylation sites (tertiary alicyclic amines) is 1. The van der Waals surface area contributed by atoms with E-state index in [0.29, 0.717) is 41.3 Å². The van der Waals surface area contributed by atoms with E-state index in [1.165, 1.54) is 6.92 Å². The SMILES string of the molecule is CC(=O)c1nn(CC(=O)N2[C@H](C(=O)NCCc3ccccc3Cl)C[C@@]3(C)C[C@@H]23)c2c(C)cc(-c3cnc(C)nc3)cc12. The lowest BCUT2D eigenvalue weighted by molar-refractivity contribution is -0.140. The Morgan fingerprint density at radius 2 is 1.81 bits per heavy atom. The molecule has 1 saturated carbocycles. The van der Waals surface area contributed by atoms with Crippen LogP contribution in [0.4, 0.5) is 0 Å². The van der Waals surface area contributed by atoms with Gasteiger partial charge in [0.1, 0.15) is 24.1 Å². The lowest BCUT2D eigenvalue weighted by Gasteiger charge is -2.27. The molecular formula is C32H33ClN6O3. The standard InChI is InChI=1S/C32H33ClN6O3/c1-18-11-22(23-15-35-20(3)36-16-23)12-24-29(19(2)40)37-38(30(18)24)17-28(41)39-26(13-32(4)14-27(32)39)31(42)34-10-9-21-7-5-6-8-25(21)33/h5-8,11-12,15-16,26-27H,9-10,13-14,17H2,1-4H3,(H,34,42)/t26-,27+,32-/m0/s1. The number of carbonyl (C=O) groups is 3. The quantitative estimate of drug-likeness (QED) is 0.301. The van der Waals surface area contributed by atoms with E-state index in [-0.39, 0.29) is 35.6 Å². The fourth-order valence-corrected chi connectivity index (χ4v) is 6.55. The summed E-state index contributed by atoms with van der Waals surface area (Å²) in [5, 5.41) is 8.97. The number of hydrogen-bond donors (Lipinski definition) is 1. The van der Waals surface area contributed by atoms with Crippen LogP contribution in [0.3, 0.4) is 0 Å². The molecule has 2 aromatic heterocycles. The molecule has 6 rings (SSSR count). The molecule has 216 valence electrons. The number of ketones is 1. The summed E-state index contributed by atoms with van der Waals surface area (Å²) >= 11 is 6.27. The van der Waals surface area contributed by atoms with Crippen molar-refractivity contribution in [3.8, 4) is 11.1 Å². The number of aromatic nitrogens is 4. The topological polar surface area (TPSA) is 110 Å². The minimum Gasteiger partial charge on any atom is -0.354 e.